The highest BCUT2D eigenvalue weighted by Gasteiger charge is 2.32. The van der Waals surface area contributed by atoms with Crippen LogP contribution in [0.4, 0.5) is 47.3 Å². The Morgan fingerprint density at radius 3 is 1.50 bits per heavy atom. The number of hydrogen-bond acceptors (Lipinski definition) is 2. The van der Waals surface area contributed by atoms with E-state index in [0.29, 0.717) is 6.42 Å². The maximum atomic E-state index is 12.9. The van der Waals surface area contributed by atoms with Crippen LogP contribution in [0.5, 0.6) is 0 Å². The fourth-order valence-electron chi connectivity index (χ4n) is 4.17. The number of halogens is 8. The number of hydrogen-bond donors (Lipinski definition) is 4. The zero-order valence-corrected chi connectivity index (χ0v) is 21.2. The van der Waals surface area contributed by atoms with Crippen molar-refractivity contribution in [3.05, 3.63) is 57.6 Å². The molecule has 0 spiro atoms. The average molecular weight is 585 g/mol. The van der Waals surface area contributed by atoms with Crippen molar-refractivity contribution in [1.82, 2.24) is 10.6 Å². The number of rotatable bonds is 6. The Balaban J connectivity index is 1.46. The standard InChI is InChI=1S/C24H24Cl2F6N4O2/c25-17-6-4-15(23(27,28)29)9-19(17)35-21(37)33-11-13-2-1-3-14(8-13)12-34-22(38)36-20-10-16(24(30,31)32)5-7-18(20)26/h4-7,9-10,13-14H,1-3,8,11-12H2,(H2,33,35,37)(H2,34,36,38)/t13-,14+. The average Bonchev–Trinajstić information content (AvgIpc) is 2.83. The molecule has 1 saturated carbocycles. The quantitative estimate of drug-likeness (QED) is 0.261. The summed E-state index contributed by atoms with van der Waals surface area (Å²) in [4.78, 5) is 24.5. The van der Waals surface area contributed by atoms with Crippen molar-refractivity contribution in [2.45, 2.75) is 38.0 Å². The van der Waals surface area contributed by atoms with E-state index in [1.54, 1.807) is 0 Å². The molecule has 0 heterocycles. The van der Waals surface area contributed by atoms with Crippen LogP contribution in [0.1, 0.15) is 36.8 Å². The van der Waals surface area contributed by atoms with Gasteiger partial charge in [-0.1, -0.05) is 29.6 Å². The van der Waals surface area contributed by atoms with Gasteiger partial charge in [-0.2, -0.15) is 26.3 Å². The molecule has 4 amide bonds. The molecule has 0 radical (unpaired) electrons. The number of carbonyl (C=O) groups is 2. The Hall–Kier alpha value is -2.86. The minimum atomic E-state index is -4.58. The van der Waals surface area contributed by atoms with E-state index in [-0.39, 0.29) is 46.3 Å². The molecule has 0 aromatic heterocycles. The monoisotopic (exact) mass is 584 g/mol. The molecular weight excluding hydrogens is 561 g/mol. The summed E-state index contributed by atoms with van der Waals surface area (Å²) in [6.07, 6.45) is -6.10. The van der Waals surface area contributed by atoms with Gasteiger partial charge in [-0.3, -0.25) is 0 Å². The zero-order valence-electron chi connectivity index (χ0n) is 19.7. The van der Waals surface area contributed by atoms with E-state index in [2.05, 4.69) is 21.3 Å². The second kappa shape index (κ2) is 12.3. The number of amides is 4. The number of benzene rings is 2. The zero-order chi connectivity index (χ0) is 28.1. The Labute approximate surface area is 224 Å². The molecule has 0 bridgehead atoms. The third-order valence-corrected chi connectivity index (χ3v) is 6.74. The molecule has 0 saturated heterocycles. The minimum absolute atomic E-state index is 0.0401. The van der Waals surface area contributed by atoms with Crippen molar-refractivity contribution in [1.29, 1.82) is 0 Å². The van der Waals surface area contributed by atoms with Gasteiger partial charge < -0.3 is 21.3 Å². The molecule has 208 valence electrons. The first kappa shape index (κ1) is 29.7. The molecule has 0 unspecified atom stereocenters. The molecule has 1 aliphatic rings. The Morgan fingerprint density at radius 2 is 1.13 bits per heavy atom. The van der Waals surface area contributed by atoms with Crippen LogP contribution in [-0.4, -0.2) is 25.2 Å². The van der Waals surface area contributed by atoms with Gasteiger partial charge in [-0.25, -0.2) is 9.59 Å². The maximum Gasteiger partial charge on any atom is 0.416 e. The van der Waals surface area contributed by atoms with E-state index >= 15 is 0 Å². The molecule has 2 aromatic rings. The third-order valence-electron chi connectivity index (χ3n) is 6.08. The predicted molar refractivity (Wildman–Crippen MR) is 132 cm³/mol. The van der Waals surface area contributed by atoms with Gasteiger partial charge in [-0.15, -0.1) is 0 Å². The lowest BCUT2D eigenvalue weighted by Crippen LogP contribution is -2.38. The highest BCUT2D eigenvalue weighted by atomic mass is 35.5. The van der Waals surface area contributed by atoms with Crippen LogP contribution in [-0.2, 0) is 12.4 Å². The van der Waals surface area contributed by atoms with Crippen molar-refractivity contribution in [3.63, 3.8) is 0 Å². The highest BCUT2D eigenvalue weighted by molar-refractivity contribution is 6.34. The van der Waals surface area contributed by atoms with Gasteiger partial charge in [0.1, 0.15) is 0 Å². The van der Waals surface area contributed by atoms with Gasteiger partial charge in [0, 0.05) is 13.1 Å². The first-order chi connectivity index (χ1) is 17.7. The fourth-order valence-corrected chi connectivity index (χ4v) is 4.50. The Bertz CT molecular complexity index is 1070. The van der Waals surface area contributed by atoms with Gasteiger partial charge in [0.2, 0.25) is 0 Å². The van der Waals surface area contributed by atoms with Gasteiger partial charge in [0.05, 0.1) is 32.5 Å². The van der Waals surface area contributed by atoms with E-state index in [1.807, 2.05) is 0 Å². The van der Waals surface area contributed by atoms with E-state index in [0.717, 1.165) is 55.7 Å². The molecule has 2 aromatic carbocycles. The van der Waals surface area contributed by atoms with Gasteiger partial charge >= 0.3 is 24.4 Å². The SMILES string of the molecule is O=C(NC[C@H]1CCC[C@@H](CNC(=O)Nc2cc(C(F)(F)F)ccc2Cl)C1)Nc1cc(C(F)(F)F)ccc1Cl. The third kappa shape index (κ3) is 8.59. The van der Waals surface area contributed by atoms with Crippen molar-refractivity contribution < 1.29 is 35.9 Å². The van der Waals surface area contributed by atoms with Gasteiger partial charge in [0.25, 0.3) is 0 Å². The number of alkyl halides is 6. The summed E-state index contributed by atoms with van der Waals surface area (Å²) >= 11 is 11.8. The van der Waals surface area contributed by atoms with Crippen LogP contribution in [0.2, 0.25) is 10.0 Å². The Kier molecular flexibility index (Phi) is 9.64. The summed E-state index contributed by atoms with van der Waals surface area (Å²) in [5, 5.41) is 9.84. The summed E-state index contributed by atoms with van der Waals surface area (Å²) in [6.45, 7) is 0.510. The molecule has 1 fully saturated rings. The van der Waals surface area contributed by atoms with Crippen LogP contribution >= 0.6 is 23.2 Å². The van der Waals surface area contributed by atoms with Crippen molar-refractivity contribution >= 4 is 46.6 Å². The van der Waals surface area contributed by atoms with Crippen LogP contribution in [0.3, 0.4) is 0 Å². The van der Waals surface area contributed by atoms with Gasteiger partial charge in [0.15, 0.2) is 0 Å². The van der Waals surface area contributed by atoms with Crippen molar-refractivity contribution in [3.8, 4) is 0 Å². The van der Waals surface area contributed by atoms with Crippen molar-refractivity contribution in [2.75, 3.05) is 23.7 Å². The molecule has 3 rings (SSSR count). The number of carbonyl (C=O) groups excluding carboxylic acids is 2. The topological polar surface area (TPSA) is 82.3 Å². The molecule has 4 N–H and O–H groups in total. The summed E-state index contributed by atoms with van der Waals surface area (Å²) < 4.78 is 77.5. The highest BCUT2D eigenvalue weighted by Crippen LogP contribution is 2.35. The molecular formula is C24H24Cl2F6N4O2. The second-order valence-electron chi connectivity index (χ2n) is 8.95. The number of anilines is 2. The number of urea groups is 2. The minimum Gasteiger partial charge on any atom is -0.338 e. The summed E-state index contributed by atoms with van der Waals surface area (Å²) in [5.41, 5.74) is -2.23. The summed E-state index contributed by atoms with van der Waals surface area (Å²) in [6, 6.07) is 3.83. The fraction of sp³-hybridized carbons (Fsp3) is 0.417. The first-order valence-electron chi connectivity index (χ1n) is 11.6. The van der Waals surface area contributed by atoms with Gasteiger partial charge in [-0.05, 0) is 67.5 Å². The smallest absolute Gasteiger partial charge is 0.338 e. The molecule has 0 aliphatic heterocycles. The second-order valence-corrected chi connectivity index (χ2v) is 9.77. The van der Waals surface area contributed by atoms with Crippen LogP contribution in [0, 0.1) is 11.8 Å². The van der Waals surface area contributed by atoms with Crippen molar-refractivity contribution in [2.24, 2.45) is 11.8 Å². The predicted octanol–water partition coefficient (Wildman–Crippen LogP) is 7.78. The lowest BCUT2D eigenvalue weighted by molar-refractivity contribution is -0.138. The van der Waals surface area contributed by atoms with E-state index < -0.39 is 35.5 Å². The lowest BCUT2D eigenvalue weighted by atomic mass is 9.81. The van der Waals surface area contributed by atoms with Crippen LogP contribution < -0.4 is 21.3 Å². The molecule has 2 atom stereocenters. The Morgan fingerprint density at radius 1 is 0.737 bits per heavy atom. The maximum absolute atomic E-state index is 12.9. The molecule has 6 nitrogen and oxygen atoms in total. The summed E-state index contributed by atoms with van der Waals surface area (Å²) in [7, 11) is 0. The molecule has 38 heavy (non-hydrogen) atoms. The normalized spacial score (nSPS) is 18.0. The van der Waals surface area contributed by atoms with E-state index in [9.17, 15) is 35.9 Å². The summed E-state index contributed by atoms with van der Waals surface area (Å²) in [5.74, 6) is 0.110. The van der Waals surface area contributed by atoms with Crippen LogP contribution in [0.25, 0.3) is 0 Å². The van der Waals surface area contributed by atoms with E-state index in [1.165, 1.54) is 0 Å². The largest absolute Gasteiger partial charge is 0.416 e. The number of nitrogens with one attached hydrogen (secondary N) is 4. The molecule has 14 heteroatoms. The van der Waals surface area contributed by atoms with Crippen LogP contribution in [0.15, 0.2) is 36.4 Å². The lowest BCUT2D eigenvalue weighted by Gasteiger charge is -2.29. The van der Waals surface area contributed by atoms with E-state index in [4.69, 9.17) is 23.2 Å². The first-order valence-corrected chi connectivity index (χ1v) is 12.3. The molecule has 1 aliphatic carbocycles.